The zero-order valence-corrected chi connectivity index (χ0v) is 7.17. The molecule has 0 heterocycles. The lowest BCUT2D eigenvalue weighted by Gasteiger charge is -2.03. The lowest BCUT2D eigenvalue weighted by atomic mass is 10.2. The summed E-state index contributed by atoms with van der Waals surface area (Å²) in [5.41, 5.74) is 0.00579. The van der Waals surface area contributed by atoms with Gasteiger partial charge in [-0.15, -0.1) is 0 Å². The summed E-state index contributed by atoms with van der Waals surface area (Å²) in [6.45, 7) is -0.786. The van der Waals surface area contributed by atoms with Crippen LogP contribution in [0.25, 0.3) is 0 Å². The monoisotopic (exact) mass is 202 g/mol. The van der Waals surface area contributed by atoms with E-state index in [1.54, 1.807) is 0 Å². The van der Waals surface area contributed by atoms with Gasteiger partial charge in [-0.05, 0) is 6.07 Å². The number of benzene rings is 1. The van der Waals surface area contributed by atoms with Crippen molar-refractivity contribution in [3.05, 3.63) is 35.4 Å². The third-order valence-corrected chi connectivity index (χ3v) is 1.51. The van der Waals surface area contributed by atoms with Crippen LogP contribution in [-0.4, -0.2) is 17.7 Å². The average molecular weight is 202 g/mol. The average Bonchev–Trinajstić information content (AvgIpc) is 2.12. The molecule has 1 aromatic carbocycles. The summed E-state index contributed by atoms with van der Waals surface area (Å²) in [4.78, 5) is 10.0. The fourth-order valence-corrected chi connectivity index (χ4v) is 0.908. The Bertz CT molecular complexity index is 339. The third-order valence-electron chi connectivity index (χ3n) is 1.51. The van der Waals surface area contributed by atoms with Crippen molar-refractivity contribution in [1.82, 2.24) is 0 Å². The highest BCUT2D eigenvalue weighted by Gasteiger charge is 2.07. The van der Waals surface area contributed by atoms with E-state index in [1.807, 2.05) is 0 Å². The fourth-order valence-electron chi connectivity index (χ4n) is 0.908. The Morgan fingerprint density at radius 1 is 1.43 bits per heavy atom. The van der Waals surface area contributed by atoms with Crippen LogP contribution < -0.4 is 0 Å². The molecule has 0 radical (unpaired) electrons. The van der Waals surface area contributed by atoms with E-state index in [2.05, 4.69) is 4.74 Å². The summed E-state index contributed by atoms with van der Waals surface area (Å²) in [7, 11) is 0. The first kappa shape index (κ1) is 10.6. The topological polar surface area (TPSA) is 46.5 Å². The summed E-state index contributed by atoms with van der Waals surface area (Å²) in [5.74, 6) is -3.12. The van der Waals surface area contributed by atoms with Crippen LogP contribution in [-0.2, 0) is 16.1 Å². The lowest BCUT2D eigenvalue weighted by Crippen LogP contribution is -2.07. The number of hydrogen-bond donors (Lipinski definition) is 1. The molecular formula is C9H8F2O3. The molecule has 1 aromatic rings. The molecule has 76 valence electrons. The first-order chi connectivity index (χ1) is 6.61. The van der Waals surface area contributed by atoms with Gasteiger partial charge in [0, 0.05) is 5.56 Å². The maximum atomic E-state index is 12.9. The largest absolute Gasteiger partial charge is 0.480 e. The van der Waals surface area contributed by atoms with Crippen LogP contribution in [0.5, 0.6) is 0 Å². The summed E-state index contributed by atoms with van der Waals surface area (Å²) >= 11 is 0. The number of ether oxygens (including phenoxy) is 1. The number of carboxylic acids is 1. The van der Waals surface area contributed by atoms with Crippen LogP contribution in [0.1, 0.15) is 5.56 Å². The highest BCUT2D eigenvalue weighted by molar-refractivity contribution is 5.67. The van der Waals surface area contributed by atoms with Gasteiger partial charge in [-0.3, -0.25) is 0 Å². The predicted molar refractivity (Wildman–Crippen MR) is 43.6 cm³/mol. The van der Waals surface area contributed by atoms with Gasteiger partial charge in [0.15, 0.2) is 11.6 Å². The van der Waals surface area contributed by atoms with Gasteiger partial charge >= 0.3 is 5.97 Å². The summed E-state index contributed by atoms with van der Waals surface area (Å²) < 4.78 is 30.2. The molecule has 1 N–H and O–H groups in total. The van der Waals surface area contributed by atoms with E-state index < -0.39 is 24.2 Å². The molecule has 0 aliphatic rings. The van der Waals surface area contributed by atoms with E-state index >= 15 is 0 Å². The van der Waals surface area contributed by atoms with Crippen LogP contribution in [0, 0.1) is 11.6 Å². The normalized spacial score (nSPS) is 10.1. The zero-order chi connectivity index (χ0) is 10.6. The Labute approximate surface area is 78.9 Å². The van der Waals surface area contributed by atoms with Crippen LogP contribution in [0.15, 0.2) is 18.2 Å². The van der Waals surface area contributed by atoms with Crippen molar-refractivity contribution >= 4 is 5.97 Å². The van der Waals surface area contributed by atoms with Crippen LogP contribution >= 0.6 is 0 Å². The standard InChI is InChI=1S/C9H8F2O3/c10-7-3-1-2-6(9(7)11)4-14-5-8(12)13/h1-3H,4-5H2,(H,12,13). The molecule has 0 aliphatic heterocycles. The highest BCUT2D eigenvalue weighted by atomic mass is 19.2. The molecule has 5 heteroatoms. The highest BCUT2D eigenvalue weighted by Crippen LogP contribution is 2.11. The number of rotatable bonds is 4. The van der Waals surface area contributed by atoms with Gasteiger partial charge in [-0.2, -0.15) is 0 Å². The van der Waals surface area contributed by atoms with Gasteiger partial charge in [-0.1, -0.05) is 12.1 Å². The number of carboxylic acid groups (broad SMARTS) is 1. The molecule has 0 saturated heterocycles. The van der Waals surface area contributed by atoms with Crippen molar-refractivity contribution in [1.29, 1.82) is 0 Å². The molecule has 0 saturated carbocycles. The number of carbonyl (C=O) groups is 1. The number of aliphatic carboxylic acids is 1. The van der Waals surface area contributed by atoms with Crippen molar-refractivity contribution in [2.45, 2.75) is 6.61 Å². The minimum Gasteiger partial charge on any atom is -0.480 e. The van der Waals surface area contributed by atoms with Gasteiger partial charge in [0.2, 0.25) is 0 Å². The van der Waals surface area contributed by atoms with Crippen molar-refractivity contribution in [3.8, 4) is 0 Å². The molecule has 14 heavy (non-hydrogen) atoms. The van der Waals surface area contributed by atoms with Gasteiger partial charge in [-0.25, -0.2) is 13.6 Å². The van der Waals surface area contributed by atoms with Gasteiger partial charge in [0.25, 0.3) is 0 Å². The number of hydrogen-bond acceptors (Lipinski definition) is 2. The second-order valence-electron chi connectivity index (χ2n) is 2.60. The molecule has 0 aromatic heterocycles. The van der Waals surface area contributed by atoms with Crippen molar-refractivity contribution in [2.75, 3.05) is 6.61 Å². The van der Waals surface area contributed by atoms with E-state index in [0.29, 0.717) is 0 Å². The summed E-state index contributed by atoms with van der Waals surface area (Å²) in [6, 6.07) is 3.65. The predicted octanol–water partition coefficient (Wildman–Crippen LogP) is 1.57. The Hall–Kier alpha value is -1.49. The Kier molecular flexibility index (Phi) is 3.53. The molecule has 0 bridgehead atoms. The van der Waals surface area contributed by atoms with E-state index in [1.165, 1.54) is 12.1 Å². The fraction of sp³-hybridized carbons (Fsp3) is 0.222. The van der Waals surface area contributed by atoms with Crippen molar-refractivity contribution < 1.29 is 23.4 Å². The molecule has 0 aliphatic carbocycles. The second kappa shape index (κ2) is 4.66. The number of halogens is 2. The third kappa shape index (κ3) is 2.77. The van der Waals surface area contributed by atoms with Crippen LogP contribution in [0.4, 0.5) is 8.78 Å². The maximum Gasteiger partial charge on any atom is 0.329 e. The molecule has 0 spiro atoms. The Morgan fingerprint density at radius 3 is 2.79 bits per heavy atom. The van der Waals surface area contributed by atoms with Crippen molar-refractivity contribution in [3.63, 3.8) is 0 Å². The maximum absolute atomic E-state index is 12.9. The lowest BCUT2D eigenvalue weighted by molar-refractivity contribution is -0.142. The molecular weight excluding hydrogens is 194 g/mol. The van der Waals surface area contributed by atoms with Gasteiger partial charge in [0.1, 0.15) is 6.61 Å². The SMILES string of the molecule is O=C(O)COCc1cccc(F)c1F. The molecule has 0 amide bonds. The zero-order valence-electron chi connectivity index (χ0n) is 7.17. The second-order valence-corrected chi connectivity index (χ2v) is 2.60. The smallest absolute Gasteiger partial charge is 0.329 e. The van der Waals surface area contributed by atoms with E-state index in [9.17, 15) is 13.6 Å². The molecule has 0 fully saturated rings. The Balaban J connectivity index is 2.59. The Morgan fingerprint density at radius 2 is 2.14 bits per heavy atom. The minimum absolute atomic E-state index is 0.00579. The minimum atomic E-state index is -1.15. The molecule has 3 nitrogen and oxygen atoms in total. The van der Waals surface area contributed by atoms with E-state index in [4.69, 9.17) is 5.11 Å². The summed E-state index contributed by atoms with van der Waals surface area (Å²) in [6.07, 6.45) is 0. The van der Waals surface area contributed by atoms with Gasteiger partial charge < -0.3 is 9.84 Å². The first-order valence-corrected chi connectivity index (χ1v) is 3.83. The van der Waals surface area contributed by atoms with Crippen LogP contribution in [0.3, 0.4) is 0 Å². The summed E-state index contributed by atoms with van der Waals surface area (Å²) in [5, 5.41) is 8.22. The molecule has 1 rings (SSSR count). The quantitative estimate of drug-likeness (QED) is 0.805. The van der Waals surface area contributed by atoms with Gasteiger partial charge in [0.05, 0.1) is 6.61 Å². The molecule has 0 atom stereocenters. The molecule has 0 unspecified atom stereocenters. The van der Waals surface area contributed by atoms with E-state index in [0.717, 1.165) is 6.07 Å². The van der Waals surface area contributed by atoms with Crippen molar-refractivity contribution in [2.24, 2.45) is 0 Å². The van der Waals surface area contributed by atoms with Crippen LogP contribution in [0.2, 0.25) is 0 Å². The van der Waals surface area contributed by atoms with E-state index in [-0.39, 0.29) is 12.2 Å². The first-order valence-electron chi connectivity index (χ1n) is 3.83.